The first-order valence-electron chi connectivity index (χ1n) is 0. The van der Waals surface area contributed by atoms with E-state index in [1.54, 1.807) is 0 Å². The summed E-state index contributed by atoms with van der Waals surface area (Å²) in [6.07, 6.45) is 0. The second kappa shape index (κ2) is 30.2. The van der Waals surface area contributed by atoms with Crippen molar-refractivity contribution in [1.82, 2.24) is 0 Å². The smallest absolute Gasteiger partial charge is 1.00 e. The monoisotopic (exact) mass is 513 g/mol. The average Bonchev–Trinajstić information content (AvgIpc) is 0. The van der Waals surface area contributed by atoms with Gasteiger partial charge in [0.25, 0.3) is 0 Å². The van der Waals surface area contributed by atoms with E-state index in [1.165, 1.54) is 0 Å². The Morgan fingerprint density at radius 2 is 0.400 bits per heavy atom. The Hall–Kier alpha value is 2.66. The minimum atomic E-state index is 0. The summed E-state index contributed by atoms with van der Waals surface area (Å²) < 4.78 is 0. The molecule has 0 unspecified atom stereocenters. The second-order valence-corrected chi connectivity index (χ2v) is 0. The number of hydrogen-bond donors (Lipinski definition) is 0. The predicted octanol–water partition coefficient (Wildman–Crippen LogP) is -12.0. The molecule has 0 amide bonds. The minimum absolute atomic E-state index is 0. The molecule has 0 aromatic rings. The van der Waals surface area contributed by atoms with E-state index in [4.69, 9.17) is 0 Å². The first kappa shape index (κ1) is 48.0. The molecule has 5 heavy (non-hydrogen) atoms. The molecular weight excluding hydrogens is 517 g/mol. The zero-order valence-corrected chi connectivity index (χ0v) is 10.3. The van der Waals surface area contributed by atoms with Gasteiger partial charge in [-0.15, -0.1) is 0 Å². The van der Waals surface area contributed by atoms with Crippen molar-refractivity contribution in [2.75, 3.05) is 0 Å². The summed E-state index contributed by atoms with van der Waals surface area (Å²) in [5, 5.41) is 0. The maximum Gasteiger partial charge on any atom is 3.00 e. The first-order valence-corrected chi connectivity index (χ1v) is 0. The van der Waals surface area contributed by atoms with E-state index in [0.717, 1.165) is 0 Å². The molecule has 0 spiro atoms. The van der Waals surface area contributed by atoms with Crippen molar-refractivity contribution in [3.8, 4) is 0 Å². The standard InChI is InChI=1S/Au.4BrH/h;4*1H/q+3;;;;/p-4. The van der Waals surface area contributed by atoms with Crippen LogP contribution >= 0.6 is 0 Å². The molecule has 40 valence electrons. The molecule has 0 fully saturated rings. The first-order chi connectivity index (χ1) is 0. The predicted molar refractivity (Wildman–Crippen MR) is 0 cm³/mol. The minimum Gasteiger partial charge on any atom is -1.00 e. The summed E-state index contributed by atoms with van der Waals surface area (Å²) in [4.78, 5) is 0. The Bertz CT molecular complexity index is 3.61. The topological polar surface area (TPSA) is 0 Å². The van der Waals surface area contributed by atoms with Gasteiger partial charge in [-0.2, -0.15) is 0 Å². The van der Waals surface area contributed by atoms with E-state index >= 15 is 0 Å². The van der Waals surface area contributed by atoms with Crippen molar-refractivity contribution < 1.29 is 90.3 Å². The molecule has 0 bridgehead atoms. The van der Waals surface area contributed by atoms with Crippen molar-refractivity contribution >= 4 is 0 Å². The molecule has 0 rings (SSSR count). The summed E-state index contributed by atoms with van der Waals surface area (Å²) in [5.74, 6) is 0. The third-order valence-electron chi connectivity index (χ3n) is 0. The van der Waals surface area contributed by atoms with Gasteiger partial charge in [-0.3, -0.25) is 0 Å². The molecule has 0 aliphatic carbocycles. The van der Waals surface area contributed by atoms with Crippen LogP contribution in [0.4, 0.5) is 0 Å². The molecule has 0 N–H and O–H groups in total. The molecule has 0 aromatic heterocycles. The summed E-state index contributed by atoms with van der Waals surface area (Å²) in [5.41, 5.74) is 0. The SMILES string of the molecule is [Au+3].[Br-].[Br-].[Br-].[Br-]. The fraction of sp³-hybridized carbons (Fsp3) is 0. The van der Waals surface area contributed by atoms with Crippen molar-refractivity contribution in [2.24, 2.45) is 0 Å². The molecule has 0 atom stereocenters. The van der Waals surface area contributed by atoms with Gasteiger partial charge in [-0.1, -0.05) is 0 Å². The van der Waals surface area contributed by atoms with Gasteiger partial charge in [-0.05, 0) is 0 Å². The Labute approximate surface area is 89.1 Å². The molecule has 0 aliphatic heterocycles. The summed E-state index contributed by atoms with van der Waals surface area (Å²) in [7, 11) is 0. The van der Waals surface area contributed by atoms with Crippen molar-refractivity contribution in [1.29, 1.82) is 0 Å². The molecule has 0 saturated carbocycles. The largest absolute Gasteiger partial charge is 3.00 e. The van der Waals surface area contributed by atoms with Gasteiger partial charge >= 0.3 is 22.4 Å². The zero-order valence-electron chi connectivity index (χ0n) is 1.81. The van der Waals surface area contributed by atoms with Crippen LogP contribution in [0.1, 0.15) is 0 Å². The van der Waals surface area contributed by atoms with E-state index in [-0.39, 0.29) is 90.3 Å². The summed E-state index contributed by atoms with van der Waals surface area (Å²) >= 11 is 0. The molecule has 0 aliphatic rings. The van der Waals surface area contributed by atoms with Crippen molar-refractivity contribution in [2.45, 2.75) is 0 Å². The Kier molecular flexibility index (Phi) is 290. The van der Waals surface area contributed by atoms with Crippen molar-refractivity contribution in [3.05, 3.63) is 0 Å². The van der Waals surface area contributed by atoms with Crippen LogP contribution in [0.3, 0.4) is 0 Å². The van der Waals surface area contributed by atoms with Crippen molar-refractivity contribution in [3.63, 3.8) is 0 Å². The number of hydrogen-bond acceptors (Lipinski definition) is 0. The fourth-order valence-corrected chi connectivity index (χ4v) is 0. The van der Waals surface area contributed by atoms with Crippen LogP contribution in [0.5, 0.6) is 0 Å². The third-order valence-corrected chi connectivity index (χ3v) is 0. The third kappa shape index (κ3) is 20.4. The Morgan fingerprint density at radius 3 is 0.400 bits per heavy atom. The van der Waals surface area contributed by atoms with E-state index in [2.05, 4.69) is 0 Å². The van der Waals surface area contributed by atoms with Gasteiger partial charge in [0.2, 0.25) is 0 Å². The molecule has 0 heterocycles. The molecule has 5 heteroatoms. The number of rotatable bonds is 0. The van der Waals surface area contributed by atoms with Crippen LogP contribution in [-0.4, -0.2) is 0 Å². The van der Waals surface area contributed by atoms with E-state index < -0.39 is 0 Å². The van der Waals surface area contributed by atoms with Crippen LogP contribution < -0.4 is 67.9 Å². The maximum absolute atomic E-state index is 0. The maximum atomic E-state index is 0. The fourth-order valence-electron chi connectivity index (χ4n) is 0. The molecule has 0 saturated heterocycles. The second-order valence-electron chi connectivity index (χ2n) is 0. The average molecular weight is 517 g/mol. The van der Waals surface area contributed by atoms with Gasteiger partial charge in [0.1, 0.15) is 0 Å². The summed E-state index contributed by atoms with van der Waals surface area (Å²) in [6.45, 7) is 0. The van der Waals surface area contributed by atoms with E-state index in [9.17, 15) is 0 Å². The molecule has 0 aromatic carbocycles. The van der Waals surface area contributed by atoms with Gasteiger partial charge in [0, 0.05) is 0 Å². The van der Waals surface area contributed by atoms with Gasteiger partial charge in [0.15, 0.2) is 0 Å². The summed E-state index contributed by atoms with van der Waals surface area (Å²) in [6, 6.07) is 0. The van der Waals surface area contributed by atoms with Crippen LogP contribution in [0.15, 0.2) is 0 Å². The van der Waals surface area contributed by atoms with E-state index in [0.29, 0.717) is 0 Å². The quantitative estimate of drug-likeness (QED) is 0.281. The van der Waals surface area contributed by atoms with Crippen LogP contribution in [0.2, 0.25) is 0 Å². The van der Waals surface area contributed by atoms with E-state index in [1.807, 2.05) is 0 Å². The van der Waals surface area contributed by atoms with Gasteiger partial charge < -0.3 is 67.9 Å². The molecule has 0 radical (unpaired) electrons. The number of halogens is 4. The molecule has 0 nitrogen and oxygen atoms in total. The Balaban J connectivity index is 0. The van der Waals surface area contributed by atoms with Crippen LogP contribution in [0.25, 0.3) is 0 Å². The Morgan fingerprint density at radius 1 is 0.400 bits per heavy atom. The van der Waals surface area contributed by atoms with Gasteiger partial charge in [-0.25, -0.2) is 0 Å². The zero-order chi connectivity index (χ0) is 0. The van der Waals surface area contributed by atoms with Crippen LogP contribution in [0, 0.1) is 0 Å². The van der Waals surface area contributed by atoms with Crippen LogP contribution in [-0.2, 0) is 22.4 Å². The van der Waals surface area contributed by atoms with Gasteiger partial charge in [0.05, 0.1) is 0 Å². The normalized spacial score (nSPS) is 0. The molecular formula is AuBr4-.